The Morgan fingerprint density at radius 1 is 1.32 bits per heavy atom. The second-order valence-corrected chi connectivity index (χ2v) is 4.38. The summed E-state index contributed by atoms with van der Waals surface area (Å²) in [4.78, 5) is 23.9. The summed E-state index contributed by atoms with van der Waals surface area (Å²) in [5.41, 5.74) is 5.93. The molecule has 2 aromatic rings. The van der Waals surface area contributed by atoms with Gasteiger partial charge in [-0.25, -0.2) is 4.79 Å². The molecule has 102 valence electrons. The van der Waals surface area contributed by atoms with Crippen molar-refractivity contribution < 1.29 is 0 Å². The van der Waals surface area contributed by atoms with Gasteiger partial charge in [-0.2, -0.15) is 5.10 Å². The zero-order valence-electron chi connectivity index (χ0n) is 11.0. The van der Waals surface area contributed by atoms with Gasteiger partial charge in [-0.3, -0.25) is 18.6 Å². The van der Waals surface area contributed by atoms with Crippen molar-refractivity contribution >= 4 is 5.69 Å². The van der Waals surface area contributed by atoms with Crippen molar-refractivity contribution in [2.45, 2.75) is 26.4 Å². The zero-order valence-corrected chi connectivity index (χ0v) is 11.0. The molecule has 7 nitrogen and oxygen atoms in total. The van der Waals surface area contributed by atoms with Crippen LogP contribution in [0.4, 0.5) is 5.69 Å². The van der Waals surface area contributed by atoms with E-state index in [4.69, 9.17) is 5.73 Å². The maximum atomic E-state index is 12.0. The molecule has 0 bridgehead atoms. The molecule has 0 saturated heterocycles. The highest BCUT2D eigenvalue weighted by atomic mass is 16.2. The minimum Gasteiger partial charge on any atom is -0.393 e. The molecule has 0 atom stereocenters. The molecule has 2 N–H and O–H groups in total. The summed E-state index contributed by atoms with van der Waals surface area (Å²) in [7, 11) is 1.82. The summed E-state index contributed by atoms with van der Waals surface area (Å²) in [6, 6.07) is 0. The van der Waals surface area contributed by atoms with E-state index in [1.165, 1.54) is 15.3 Å². The lowest BCUT2D eigenvalue weighted by Crippen LogP contribution is -2.40. The van der Waals surface area contributed by atoms with Gasteiger partial charge >= 0.3 is 5.69 Å². The summed E-state index contributed by atoms with van der Waals surface area (Å²) in [6.07, 6.45) is 5.53. The first-order valence-corrected chi connectivity index (χ1v) is 6.10. The third kappa shape index (κ3) is 2.59. The summed E-state index contributed by atoms with van der Waals surface area (Å²) in [5.74, 6) is 0. The summed E-state index contributed by atoms with van der Waals surface area (Å²) < 4.78 is 4.29. The average Bonchev–Trinajstić information content (AvgIpc) is 2.79. The Kier molecular flexibility index (Phi) is 3.55. The van der Waals surface area contributed by atoms with Crippen LogP contribution in [0.5, 0.6) is 0 Å². The molecule has 0 unspecified atom stereocenters. The molecule has 2 heterocycles. The van der Waals surface area contributed by atoms with Crippen LogP contribution in [0.15, 0.2) is 28.2 Å². The van der Waals surface area contributed by atoms with E-state index < -0.39 is 5.56 Å². The third-order valence-corrected chi connectivity index (χ3v) is 2.99. The highest BCUT2D eigenvalue weighted by molar-refractivity contribution is 5.31. The lowest BCUT2D eigenvalue weighted by molar-refractivity contribution is 0.567. The van der Waals surface area contributed by atoms with Crippen molar-refractivity contribution in [3.05, 3.63) is 45.0 Å². The number of aryl methyl sites for hydroxylation is 3. The molecule has 0 aliphatic rings. The molecule has 0 amide bonds. The lowest BCUT2D eigenvalue weighted by Gasteiger charge is -2.09. The van der Waals surface area contributed by atoms with Gasteiger partial charge in [0.05, 0.1) is 6.20 Å². The SMILES string of the molecule is CCn1cc(N)c(=O)n(CCc2cnn(C)c2)c1=O. The number of anilines is 1. The van der Waals surface area contributed by atoms with Gasteiger partial charge < -0.3 is 5.73 Å². The van der Waals surface area contributed by atoms with E-state index in [1.54, 1.807) is 10.9 Å². The molecule has 0 saturated carbocycles. The van der Waals surface area contributed by atoms with Gasteiger partial charge in [0.15, 0.2) is 0 Å². The van der Waals surface area contributed by atoms with E-state index in [9.17, 15) is 9.59 Å². The largest absolute Gasteiger partial charge is 0.393 e. The molecular formula is C12H17N5O2. The molecule has 0 aromatic carbocycles. The van der Waals surface area contributed by atoms with Crippen molar-refractivity contribution in [3.63, 3.8) is 0 Å². The fourth-order valence-corrected chi connectivity index (χ4v) is 1.94. The smallest absolute Gasteiger partial charge is 0.331 e. The first-order chi connectivity index (χ1) is 9.02. The normalized spacial score (nSPS) is 10.8. The van der Waals surface area contributed by atoms with Gasteiger partial charge in [-0.15, -0.1) is 0 Å². The molecule has 0 aliphatic carbocycles. The van der Waals surface area contributed by atoms with Crippen LogP contribution in [-0.2, 0) is 26.6 Å². The van der Waals surface area contributed by atoms with Crippen LogP contribution in [0, 0.1) is 0 Å². The first kappa shape index (κ1) is 13.1. The molecule has 7 heteroatoms. The molecule has 0 radical (unpaired) electrons. The molecule has 0 aliphatic heterocycles. The second-order valence-electron chi connectivity index (χ2n) is 4.38. The fraction of sp³-hybridized carbons (Fsp3) is 0.417. The number of rotatable bonds is 4. The van der Waals surface area contributed by atoms with Gasteiger partial charge in [-0.05, 0) is 18.9 Å². The maximum absolute atomic E-state index is 12.0. The molecule has 2 aromatic heterocycles. The number of nitrogen functional groups attached to an aromatic ring is 1. The van der Waals surface area contributed by atoms with E-state index in [2.05, 4.69) is 5.10 Å². The van der Waals surface area contributed by atoms with E-state index in [0.29, 0.717) is 19.5 Å². The molecular weight excluding hydrogens is 246 g/mol. The number of aromatic nitrogens is 4. The van der Waals surface area contributed by atoms with Crippen molar-refractivity contribution in [1.82, 2.24) is 18.9 Å². The minimum absolute atomic E-state index is 0.0904. The second kappa shape index (κ2) is 5.13. The van der Waals surface area contributed by atoms with Crippen LogP contribution in [0.1, 0.15) is 12.5 Å². The Hall–Kier alpha value is -2.31. The molecule has 19 heavy (non-hydrogen) atoms. The Bertz CT molecular complexity index is 695. The number of nitrogens with two attached hydrogens (primary N) is 1. The van der Waals surface area contributed by atoms with Crippen LogP contribution in [0.25, 0.3) is 0 Å². The van der Waals surface area contributed by atoms with Crippen molar-refractivity contribution in [2.75, 3.05) is 5.73 Å². The summed E-state index contributed by atoms with van der Waals surface area (Å²) in [5, 5.41) is 4.05. The van der Waals surface area contributed by atoms with Crippen molar-refractivity contribution in [1.29, 1.82) is 0 Å². The Morgan fingerprint density at radius 3 is 2.63 bits per heavy atom. The summed E-state index contributed by atoms with van der Waals surface area (Å²) >= 11 is 0. The quantitative estimate of drug-likeness (QED) is 0.812. The Labute approximate surface area is 109 Å². The predicted octanol–water partition coefficient (Wildman–Crippen LogP) is -0.412. The molecule has 0 spiro atoms. The van der Waals surface area contributed by atoms with E-state index >= 15 is 0 Å². The van der Waals surface area contributed by atoms with Gasteiger partial charge in [0.25, 0.3) is 5.56 Å². The third-order valence-electron chi connectivity index (χ3n) is 2.99. The van der Waals surface area contributed by atoms with Crippen molar-refractivity contribution in [2.24, 2.45) is 7.05 Å². The van der Waals surface area contributed by atoms with Gasteiger partial charge in [-0.1, -0.05) is 0 Å². The van der Waals surface area contributed by atoms with Gasteiger partial charge in [0.1, 0.15) is 5.69 Å². The number of hydrogen-bond acceptors (Lipinski definition) is 4. The average molecular weight is 263 g/mol. The van der Waals surface area contributed by atoms with Gasteiger partial charge in [0, 0.05) is 32.5 Å². The topological polar surface area (TPSA) is 87.8 Å². The Morgan fingerprint density at radius 2 is 2.05 bits per heavy atom. The zero-order chi connectivity index (χ0) is 14.0. The van der Waals surface area contributed by atoms with Crippen LogP contribution in [0.2, 0.25) is 0 Å². The fourth-order valence-electron chi connectivity index (χ4n) is 1.94. The van der Waals surface area contributed by atoms with Crippen molar-refractivity contribution in [3.8, 4) is 0 Å². The summed E-state index contributed by atoms with van der Waals surface area (Å²) in [6.45, 7) is 2.61. The van der Waals surface area contributed by atoms with E-state index in [1.807, 2.05) is 20.2 Å². The monoisotopic (exact) mass is 263 g/mol. The van der Waals surface area contributed by atoms with E-state index in [0.717, 1.165) is 5.56 Å². The van der Waals surface area contributed by atoms with E-state index in [-0.39, 0.29) is 11.4 Å². The highest BCUT2D eigenvalue weighted by Gasteiger charge is 2.08. The van der Waals surface area contributed by atoms with Crippen LogP contribution < -0.4 is 17.0 Å². The number of nitrogens with zero attached hydrogens (tertiary/aromatic N) is 4. The van der Waals surface area contributed by atoms with Crippen LogP contribution in [-0.4, -0.2) is 18.9 Å². The van der Waals surface area contributed by atoms with Gasteiger partial charge in [0.2, 0.25) is 0 Å². The maximum Gasteiger partial charge on any atom is 0.331 e. The number of hydrogen-bond donors (Lipinski definition) is 1. The van der Waals surface area contributed by atoms with Crippen LogP contribution >= 0.6 is 0 Å². The predicted molar refractivity (Wildman–Crippen MR) is 72.0 cm³/mol. The first-order valence-electron chi connectivity index (χ1n) is 6.10. The standard InChI is InChI=1S/C12H17N5O2/c1-3-16-8-10(13)11(18)17(12(16)19)5-4-9-6-14-15(2)7-9/h6-8H,3-5,13H2,1-2H3. The molecule has 2 rings (SSSR count). The minimum atomic E-state index is -0.432. The highest BCUT2D eigenvalue weighted by Crippen LogP contribution is 1.99. The lowest BCUT2D eigenvalue weighted by atomic mass is 10.2. The van der Waals surface area contributed by atoms with Crippen LogP contribution in [0.3, 0.4) is 0 Å². The Balaban J connectivity index is 2.32. The molecule has 0 fully saturated rings.